The van der Waals surface area contributed by atoms with E-state index in [-0.39, 0.29) is 17.5 Å². The Kier molecular flexibility index (Phi) is 4.15. The number of carbonyl (C=O) groups is 1. The van der Waals surface area contributed by atoms with Crippen LogP contribution >= 0.6 is 22.9 Å². The molecule has 0 spiro atoms. The maximum atomic E-state index is 12.6. The lowest BCUT2D eigenvalue weighted by Crippen LogP contribution is -2.20. The molecule has 5 rings (SSSR count). The fourth-order valence-electron chi connectivity index (χ4n) is 3.00. The molecule has 0 atom stereocenters. The molecule has 1 amide bonds. The molecule has 9 heteroatoms. The molecule has 1 N–H and O–H groups in total. The molecule has 0 saturated carbocycles. The highest BCUT2D eigenvalue weighted by atomic mass is 35.5. The SMILES string of the molecule is O=C(Nc1nnc(-c2ccc(Cl)s2)o1)c1cc2c(ccc3ccccc32)oc1=O. The van der Waals surface area contributed by atoms with E-state index in [4.69, 9.17) is 20.4 Å². The van der Waals surface area contributed by atoms with Crippen molar-refractivity contribution in [3.05, 3.63) is 74.9 Å². The minimum Gasteiger partial charge on any atom is -0.422 e. The average molecular weight is 424 g/mol. The Balaban J connectivity index is 1.51. The number of nitrogens with zero attached hydrogens (tertiary/aromatic N) is 2. The smallest absolute Gasteiger partial charge is 0.349 e. The number of fused-ring (bicyclic) bond motifs is 3. The summed E-state index contributed by atoms with van der Waals surface area (Å²) < 4.78 is 11.4. The fourth-order valence-corrected chi connectivity index (χ4v) is 3.96. The van der Waals surface area contributed by atoms with E-state index in [1.54, 1.807) is 18.2 Å². The van der Waals surface area contributed by atoms with Gasteiger partial charge in [0.15, 0.2) is 0 Å². The number of amides is 1. The Morgan fingerprint density at radius 3 is 2.69 bits per heavy atom. The average Bonchev–Trinajstić information content (AvgIpc) is 3.36. The van der Waals surface area contributed by atoms with Crippen LogP contribution in [0.3, 0.4) is 0 Å². The van der Waals surface area contributed by atoms with E-state index in [1.807, 2.05) is 30.3 Å². The maximum Gasteiger partial charge on any atom is 0.349 e. The van der Waals surface area contributed by atoms with Gasteiger partial charge in [-0.15, -0.1) is 16.4 Å². The normalized spacial score (nSPS) is 11.2. The number of rotatable bonds is 3. The largest absolute Gasteiger partial charge is 0.422 e. The van der Waals surface area contributed by atoms with Crippen molar-refractivity contribution in [1.82, 2.24) is 10.2 Å². The van der Waals surface area contributed by atoms with Gasteiger partial charge in [0.25, 0.3) is 11.8 Å². The number of anilines is 1. The van der Waals surface area contributed by atoms with Crippen molar-refractivity contribution in [3.63, 3.8) is 0 Å². The third kappa shape index (κ3) is 3.18. The maximum absolute atomic E-state index is 12.6. The highest BCUT2D eigenvalue weighted by molar-refractivity contribution is 7.19. The molecule has 29 heavy (non-hydrogen) atoms. The summed E-state index contributed by atoms with van der Waals surface area (Å²) in [6.45, 7) is 0. The second-order valence-corrected chi connectivity index (χ2v) is 7.83. The van der Waals surface area contributed by atoms with Gasteiger partial charge in [0.2, 0.25) is 0 Å². The van der Waals surface area contributed by atoms with Gasteiger partial charge in [-0.3, -0.25) is 10.1 Å². The number of hydrogen-bond acceptors (Lipinski definition) is 7. The van der Waals surface area contributed by atoms with Crippen LogP contribution in [0.15, 0.2) is 68.2 Å². The quantitative estimate of drug-likeness (QED) is 0.325. The van der Waals surface area contributed by atoms with Crippen LogP contribution in [-0.4, -0.2) is 16.1 Å². The van der Waals surface area contributed by atoms with E-state index < -0.39 is 11.5 Å². The Morgan fingerprint density at radius 2 is 1.86 bits per heavy atom. The number of aromatic nitrogens is 2. The number of halogens is 1. The first-order valence-electron chi connectivity index (χ1n) is 8.45. The standard InChI is InChI=1S/C20H10ClN3O4S/c21-16-8-7-15(29-16)18-23-24-20(28-18)22-17(25)13-9-12-11-4-2-1-3-10(11)5-6-14(12)27-19(13)26/h1-9H,(H,22,24,25). The van der Waals surface area contributed by atoms with Gasteiger partial charge in [0, 0.05) is 5.39 Å². The van der Waals surface area contributed by atoms with E-state index in [1.165, 1.54) is 17.4 Å². The molecule has 2 aromatic carbocycles. The van der Waals surface area contributed by atoms with Crippen LogP contribution in [0.5, 0.6) is 0 Å². The van der Waals surface area contributed by atoms with Crippen LogP contribution in [-0.2, 0) is 0 Å². The predicted molar refractivity (Wildman–Crippen MR) is 111 cm³/mol. The van der Waals surface area contributed by atoms with Crippen LogP contribution in [0, 0.1) is 0 Å². The van der Waals surface area contributed by atoms with E-state index in [2.05, 4.69) is 15.5 Å². The van der Waals surface area contributed by atoms with Gasteiger partial charge in [0.05, 0.1) is 9.21 Å². The summed E-state index contributed by atoms with van der Waals surface area (Å²) in [7, 11) is 0. The van der Waals surface area contributed by atoms with Crippen molar-refractivity contribution in [2.75, 3.05) is 5.32 Å². The molecule has 0 saturated heterocycles. The van der Waals surface area contributed by atoms with Crippen molar-refractivity contribution in [3.8, 4) is 10.8 Å². The van der Waals surface area contributed by atoms with Gasteiger partial charge in [-0.2, -0.15) is 0 Å². The summed E-state index contributed by atoms with van der Waals surface area (Å²) >= 11 is 7.17. The number of hydrogen-bond donors (Lipinski definition) is 1. The minimum absolute atomic E-state index is 0.132. The fraction of sp³-hybridized carbons (Fsp3) is 0. The predicted octanol–water partition coefficient (Wildman–Crippen LogP) is 4.96. The molecule has 3 aromatic heterocycles. The molecule has 0 aliphatic heterocycles. The molecule has 5 aromatic rings. The zero-order chi connectivity index (χ0) is 20.0. The highest BCUT2D eigenvalue weighted by Crippen LogP contribution is 2.31. The Hall–Kier alpha value is -3.49. The van der Waals surface area contributed by atoms with E-state index >= 15 is 0 Å². The monoisotopic (exact) mass is 423 g/mol. The first-order valence-corrected chi connectivity index (χ1v) is 9.64. The number of carbonyl (C=O) groups excluding carboxylic acids is 1. The first-order chi connectivity index (χ1) is 14.1. The second kappa shape index (κ2) is 6.84. The van der Waals surface area contributed by atoms with E-state index in [0.717, 1.165) is 10.8 Å². The summed E-state index contributed by atoms with van der Waals surface area (Å²) in [4.78, 5) is 25.6. The van der Waals surface area contributed by atoms with Crippen molar-refractivity contribution in [2.45, 2.75) is 0 Å². The van der Waals surface area contributed by atoms with Crippen LogP contribution in [0.2, 0.25) is 4.34 Å². The Labute approximate surface area is 171 Å². The van der Waals surface area contributed by atoms with Gasteiger partial charge in [-0.05, 0) is 35.0 Å². The molecule has 0 aliphatic rings. The van der Waals surface area contributed by atoms with Gasteiger partial charge in [-0.1, -0.05) is 47.0 Å². The molecule has 142 valence electrons. The Bertz CT molecular complexity index is 1450. The zero-order valence-electron chi connectivity index (χ0n) is 14.5. The Morgan fingerprint density at radius 1 is 1.00 bits per heavy atom. The molecule has 0 aliphatic carbocycles. The zero-order valence-corrected chi connectivity index (χ0v) is 16.1. The van der Waals surface area contributed by atoms with Crippen molar-refractivity contribution in [1.29, 1.82) is 0 Å². The third-order valence-corrected chi connectivity index (χ3v) is 5.54. The molecule has 0 radical (unpaired) electrons. The first kappa shape index (κ1) is 17.6. The van der Waals surface area contributed by atoms with Crippen LogP contribution in [0.4, 0.5) is 6.01 Å². The number of thiophene rings is 1. The van der Waals surface area contributed by atoms with Crippen LogP contribution < -0.4 is 10.9 Å². The third-order valence-electron chi connectivity index (χ3n) is 4.32. The molecule has 7 nitrogen and oxygen atoms in total. The summed E-state index contributed by atoms with van der Waals surface area (Å²) in [5, 5.41) is 12.6. The molecule has 0 fully saturated rings. The summed E-state index contributed by atoms with van der Waals surface area (Å²) in [5.74, 6) is -0.485. The number of nitrogens with one attached hydrogen (secondary N) is 1. The highest BCUT2D eigenvalue weighted by Gasteiger charge is 2.18. The summed E-state index contributed by atoms with van der Waals surface area (Å²) in [6, 6.07) is 16.0. The lowest BCUT2D eigenvalue weighted by molar-refractivity contribution is 0.102. The molecule has 0 bridgehead atoms. The topological polar surface area (TPSA) is 98.2 Å². The summed E-state index contributed by atoms with van der Waals surface area (Å²) in [6.07, 6.45) is 0. The van der Waals surface area contributed by atoms with Crippen molar-refractivity contribution < 1.29 is 13.6 Å². The minimum atomic E-state index is -0.755. The molecular weight excluding hydrogens is 414 g/mol. The molecular formula is C20H10ClN3O4S. The second-order valence-electron chi connectivity index (χ2n) is 6.12. The van der Waals surface area contributed by atoms with Crippen molar-refractivity contribution >= 4 is 56.6 Å². The number of benzene rings is 2. The lowest BCUT2D eigenvalue weighted by Gasteiger charge is -2.05. The van der Waals surface area contributed by atoms with Crippen LogP contribution in [0.1, 0.15) is 10.4 Å². The summed E-state index contributed by atoms with van der Waals surface area (Å²) in [5.41, 5.74) is -0.511. The van der Waals surface area contributed by atoms with E-state index in [0.29, 0.717) is 20.2 Å². The molecule has 0 unspecified atom stereocenters. The van der Waals surface area contributed by atoms with Crippen LogP contribution in [0.25, 0.3) is 32.5 Å². The van der Waals surface area contributed by atoms with Gasteiger partial charge < -0.3 is 8.83 Å². The van der Waals surface area contributed by atoms with E-state index in [9.17, 15) is 9.59 Å². The van der Waals surface area contributed by atoms with Gasteiger partial charge in [0.1, 0.15) is 11.1 Å². The molecule has 3 heterocycles. The van der Waals surface area contributed by atoms with Gasteiger partial charge >= 0.3 is 11.6 Å². The lowest BCUT2D eigenvalue weighted by atomic mass is 10.0. The van der Waals surface area contributed by atoms with Gasteiger partial charge in [-0.25, -0.2) is 4.79 Å². The van der Waals surface area contributed by atoms with Crippen molar-refractivity contribution in [2.24, 2.45) is 0 Å².